The van der Waals surface area contributed by atoms with Crippen LogP contribution in [0.25, 0.3) is 0 Å². The van der Waals surface area contributed by atoms with E-state index in [4.69, 9.17) is 0 Å². The Bertz CT molecular complexity index is 1220. The van der Waals surface area contributed by atoms with Crippen LogP contribution in [0.3, 0.4) is 0 Å². The number of anilines is 3. The Hall–Kier alpha value is -3.65. The van der Waals surface area contributed by atoms with Crippen molar-refractivity contribution in [2.45, 2.75) is 25.7 Å². The second-order valence-corrected chi connectivity index (χ2v) is 9.03. The number of nitrogens with one attached hydrogen (secondary N) is 2. The van der Waals surface area contributed by atoms with Crippen molar-refractivity contribution in [1.29, 1.82) is 0 Å². The summed E-state index contributed by atoms with van der Waals surface area (Å²) in [5, 5.41) is 5.41. The van der Waals surface area contributed by atoms with E-state index in [1.54, 1.807) is 74.5 Å². The number of hydrogen-bond acceptors (Lipinski definition) is 4. The fourth-order valence-electron chi connectivity index (χ4n) is 3.27. The number of nitrogens with zero attached hydrogens (tertiary/aromatic N) is 1. The molecule has 0 aliphatic carbocycles. The zero-order valence-electron chi connectivity index (χ0n) is 18.1. The fourth-order valence-corrected chi connectivity index (χ4v) is 4.99. The van der Waals surface area contributed by atoms with Crippen molar-refractivity contribution in [3.05, 3.63) is 83.9 Å². The Morgan fingerprint density at radius 2 is 1.47 bits per heavy atom. The second kappa shape index (κ2) is 9.65. The monoisotopic (exact) mass is 451 g/mol. The Labute approximate surface area is 188 Å². The number of benzene rings is 3. The van der Waals surface area contributed by atoms with E-state index in [0.717, 1.165) is 0 Å². The molecule has 32 heavy (non-hydrogen) atoms. The molecule has 3 aromatic rings. The number of para-hydroxylation sites is 1. The summed E-state index contributed by atoms with van der Waals surface area (Å²) in [6.45, 7) is 5.13. The first-order chi connectivity index (χ1) is 15.2. The Morgan fingerprint density at radius 3 is 2.03 bits per heavy atom. The average molecular weight is 452 g/mol. The number of carbonyl (C=O) groups is 2. The van der Waals surface area contributed by atoms with Crippen molar-refractivity contribution >= 4 is 38.9 Å². The number of carbonyl (C=O) groups excluding carboxylic acids is 2. The number of amides is 2. The predicted octanol–water partition coefficient (Wildman–Crippen LogP) is 4.42. The van der Waals surface area contributed by atoms with E-state index < -0.39 is 15.9 Å². The maximum atomic E-state index is 13.4. The molecule has 0 bridgehead atoms. The van der Waals surface area contributed by atoms with Gasteiger partial charge in [0.25, 0.3) is 15.9 Å². The summed E-state index contributed by atoms with van der Waals surface area (Å²) < 4.78 is 28.1. The highest BCUT2D eigenvalue weighted by Crippen LogP contribution is 2.26. The van der Waals surface area contributed by atoms with Crippen molar-refractivity contribution in [1.82, 2.24) is 0 Å². The molecule has 0 fully saturated rings. The topological polar surface area (TPSA) is 95.6 Å². The van der Waals surface area contributed by atoms with E-state index in [-0.39, 0.29) is 22.9 Å². The molecule has 0 saturated heterocycles. The molecule has 0 spiro atoms. The van der Waals surface area contributed by atoms with Crippen LogP contribution in [-0.2, 0) is 14.8 Å². The number of aryl methyl sites for hydroxylation is 1. The lowest BCUT2D eigenvalue weighted by molar-refractivity contribution is -0.114. The zero-order valence-corrected chi connectivity index (χ0v) is 18.9. The smallest absolute Gasteiger partial charge is 0.264 e. The average Bonchev–Trinajstić information content (AvgIpc) is 2.76. The van der Waals surface area contributed by atoms with Crippen molar-refractivity contribution in [2.24, 2.45) is 0 Å². The molecule has 166 valence electrons. The van der Waals surface area contributed by atoms with Gasteiger partial charge in [0.15, 0.2) is 0 Å². The molecule has 3 aromatic carbocycles. The van der Waals surface area contributed by atoms with Gasteiger partial charge in [-0.2, -0.15) is 0 Å². The van der Waals surface area contributed by atoms with E-state index in [2.05, 4.69) is 10.6 Å². The van der Waals surface area contributed by atoms with Crippen LogP contribution in [0.5, 0.6) is 0 Å². The van der Waals surface area contributed by atoms with Crippen LogP contribution in [0, 0.1) is 6.92 Å². The molecule has 2 amide bonds. The molecule has 0 aliphatic heterocycles. The van der Waals surface area contributed by atoms with Crippen LogP contribution in [0.4, 0.5) is 17.1 Å². The number of rotatable bonds is 7. The molecule has 0 heterocycles. The van der Waals surface area contributed by atoms with Gasteiger partial charge >= 0.3 is 0 Å². The molecule has 2 N–H and O–H groups in total. The first kappa shape index (κ1) is 23.0. The second-order valence-electron chi connectivity index (χ2n) is 7.20. The summed E-state index contributed by atoms with van der Waals surface area (Å²) in [6.07, 6.45) is 0. The highest BCUT2D eigenvalue weighted by Gasteiger charge is 2.26. The van der Waals surface area contributed by atoms with Crippen LogP contribution in [-0.4, -0.2) is 26.8 Å². The van der Waals surface area contributed by atoms with Gasteiger partial charge in [0.2, 0.25) is 5.91 Å². The van der Waals surface area contributed by atoms with E-state index in [9.17, 15) is 18.0 Å². The van der Waals surface area contributed by atoms with Crippen molar-refractivity contribution in [3.63, 3.8) is 0 Å². The largest absolute Gasteiger partial charge is 0.326 e. The van der Waals surface area contributed by atoms with E-state index in [1.807, 2.05) is 6.07 Å². The summed E-state index contributed by atoms with van der Waals surface area (Å²) >= 11 is 0. The van der Waals surface area contributed by atoms with Crippen molar-refractivity contribution in [3.8, 4) is 0 Å². The normalized spacial score (nSPS) is 11.0. The molecule has 0 aromatic heterocycles. The Balaban J connectivity index is 1.87. The first-order valence-electron chi connectivity index (χ1n) is 10.1. The molecule has 7 nitrogen and oxygen atoms in total. The summed E-state index contributed by atoms with van der Waals surface area (Å²) in [7, 11) is -3.87. The molecule has 0 radical (unpaired) electrons. The van der Waals surface area contributed by atoms with Gasteiger partial charge in [0, 0.05) is 30.4 Å². The van der Waals surface area contributed by atoms with Crippen LogP contribution in [0.2, 0.25) is 0 Å². The minimum Gasteiger partial charge on any atom is -0.326 e. The van der Waals surface area contributed by atoms with Gasteiger partial charge in [-0.25, -0.2) is 8.42 Å². The molecular weight excluding hydrogens is 426 g/mol. The van der Waals surface area contributed by atoms with E-state index >= 15 is 0 Å². The molecule has 3 rings (SSSR count). The molecule has 8 heteroatoms. The quantitative estimate of drug-likeness (QED) is 0.556. The minimum absolute atomic E-state index is 0.0804. The van der Waals surface area contributed by atoms with Crippen molar-refractivity contribution < 1.29 is 18.0 Å². The number of hydrogen-bond donors (Lipinski definition) is 2. The summed E-state index contributed by atoms with van der Waals surface area (Å²) in [4.78, 5) is 24.0. The Morgan fingerprint density at radius 1 is 0.875 bits per heavy atom. The third-order valence-corrected chi connectivity index (χ3v) is 6.86. The first-order valence-corrected chi connectivity index (χ1v) is 11.5. The van der Waals surface area contributed by atoms with Gasteiger partial charge in [0.1, 0.15) is 0 Å². The fraction of sp³-hybridized carbons (Fsp3) is 0.167. The van der Waals surface area contributed by atoms with Gasteiger partial charge in [0.05, 0.1) is 10.6 Å². The predicted molar refractivity (Wildman–Crippen MR) is 127 cm³/mol. The van der Waals surface area contributed by atoms with Gasteiger partial charge in [-0.15, -0.1) is 0 Å². The lowest BCUT2D eigenvalue weighted by Crippen LogP contribution is -2.31. The van der Waals surface area contributed by atoms with Gasteiger partial charge in [-0.05, 0) is 67.9 Å². The lowest BCUT2D eigenvalue weighted by atomic mass is 10.1. The Kier molecular flexibility index (Phi) is 6.95. The third kappa shape index (κ3) is 5.15. The molecular formula is C24H25N3O4S. The van der Waals surface area contributed by atoms with Crippen molar-refractivity contribution in [2.75, 3.05) is 21.5 Å². The third-order valence-electron chi connectivity index (χ3n) is 4.81. The van der Waals surface area contributed by atoms with Gasteiger partial charge < -0.3 is 10.6 Å². The maximum absolute atomic E-state index is 13.4. The highest BCUT2D eigenvalue weighted by atomic mass is 32.2. The van der Waals surface area contributed by atoms with Crippen LogP contribution in [0.1, 0.15) is 29.8 Å². The van der Waals surface area contributed by atoms with E-state index in [0.29, 0.717) is 22.6 Å². The number of sulfonamides is 1. The van der Waals surface area contributed by atoms with E-state index in [1.165, 1.54) is 17.3 Å². The summed E-state index contributed by atoms with van der Waals surface area (Å²) in [6, 6.07) is 20.1. The van der Waals surface area contributed by atoms with Gasteiger partial charge in [-0.3, -0.25) is 13.9 Å². The minimum atomic E-state index is -3.87. The van der Waals surface area contributed by atoms with Crippen LogP contribution < -0.4 is 14.9 Å². The summed E-state index contributed by atoms with van der Waals surface area (Å²) in [5.41, 5.74) is 2.47. The van der Waals surface area contributed by atoms with Crippen LogP contribution >= 0.6 is 0 Å². The van der Waals surface area contributed by atoms with Crippen LogP contribution in [0.15, 0.2) is 77.7 Å². The maximum Gasteiger partial charge on any atom is 0.264 e. The molecule has 0 unspecified atom stereocenters. The summed E-state index contributed by atoms with van der Waals surface area (Å²) in [5.74, 6) is -0.622. The van der Waals surface area contributed by atoms with Gasteiger partial charge in [-0.1, -0.05) is 24.3 Å². The molecule has 0 aliphatic rings. The lowest BCUT2D eigenvalue weighted by Gasteiger charge is -2.24. The highest BCUT2D eigenvalue weighted by molar-refractivity contribution is 7.92. The molecule has 0 saturated carbocycles. The SMILES string of the molecule is CCN(c1ccccc1)S(=O)(=O)c1cc(C(=O)Nc2ccc(NC(C)=O)cc2)ccc1C. The molecule has 0 atom stereocenters. The standard InChI is InChI=1S/C24H25N3O4S/c1-4-27(22-8-6-5-7-9-22)32(30,31)23-16-19(11-10-17(23)2)24(29)26-21-14-12-20(13-15-21)25-18(3)28/h5-16H,4H2,1-3H3,(H,25,28)(H,26,29). The zero-order chi connectivity index (χ0) is 23.3.